The third-order valence-electron chi connectivity index (χ3n) is 10.7. The molecule has 4 aliphatic carbocycles. The number of aliphatic hydroxyl groups is 1. The van der Waals surface area contributed by atoms with Gasteiger partial charge in [-0.15, -0.1) is 0 Å². The number of allylic oxidation sites excluding steroid dienone is 2. The maximum Gasteiger partial charge on any atom is 0.155 e. The summed E-state index contributed by atoms with van der Waals surface area (Å²) in [6.45, 7) is 14.4. The van der Waals surface area contributed by atoms with Crippen molar-refractivity contribution in [3.05, 3.63) is 23.8 Å². The van der Waals surface area contributed by atoms with Gasteiger partial charge in [0.05, 0.1) is 6.10 Å². The van der Waals surface area contributed by atoms with Crippen LogP contribution >= 0.6 is 0 Å². The number of rotatable bonds is 5. The molecule has 0 spiro atoms. The Morgan fingerprint density at radius 1 is 1.10 bits per heavy atom. The van der Waals surface area contributed by atoms with E-state index in [0.29, 0.717) is 41.4 Å². The van der Waals surface area contributed by atoms with Gasteiger partial charge in [0.15, 0.2) is 5.78 Å². The second-order valence-corrected chi connectivity index (χ2v) is 12.4. The van der Waals surface area contributed by atoms with E-state index in [4.69, 9.17) is 0 Å². The largest absolute Gasteiger partial charge is 0.389 e. The van der Waals surface area contributed by atoms with Gasteiger partial charge < -0.3 is 5.11 Å². The first-order valence-electron chi connectivity index (χ1n) is 13.2. The summed E-state index contributed by atoms with van der Waals surface area (Å²) >= 11 is 0. The molecule has 0 bridgehead atoms. The van der Waals surface area contributed by atoms with Gasteiger partial charge in [-0.3, -0.25) is 4.79 Å². The molecule has 2 heteroatoms. The van der Waals surface area contributed by atoms with Gasteiger partial charge in [0.2, 0.25) is 0 Å². The van der Waals surface area contributed by atoms with E-state index in [1.165, 1.54) is 32.1 Å². The second kappa shape index (κ2) is 8.47. The average Bonchev–Trinajstić information content (AvgIpc) is 3.07. The van der Waals surface area contributed by atoms with Crippen molar-refractivity contribution in [3.8, 4) is 0 Å². The van der Waals surface area contributed by atoms with Gasteiger partial charge in [0, 0.05) is 6.42 Å². The first-order valence-corrected chi connectivity index (χ1v) is 13.2. The summed E-state index contributed by atoms with van der Waals surface area (Å²) in [4.78, 5) is 12.1. The fourth-order valence-electron chi connectivity index (χ4n) is 8.79. The van der Waals surface area contributed by atoms with Crippen LogP contribution < -0.4 is 0 Å². The fraction of sp³-hybridized carbons (Fsp3) is 0.828. The molecule has 3 saturated carbocycles. The summed E-state index contributed by atoms with van der Waals surface area (Å²) in [7, 11) is 0. The molecular weight excluding hydrogens is 380 g/mol. The molecule has 1 N–H and O–H groups in total. The lowest BCUT2D eigenvalue weighted by Crippen LogP contribution is -2.54. The van der Waals surface area contributed by atoms with Crippen molar-refractivity contribution in [2.24, 2.45) is 52.3 Å². The molecule has 2 nitrogen and oxygen atoms in total. The van der Waals surface area contributed by atoms with Crippen LogP contribution in [0.3, 0.4) is 0 Å². The highest BCUT2D eigenvalue weighted by Crippen LogP contribution is 2.67. The molecule has 0 heterocycles. The van der Waals surface area contributed by atoms with Crippen molar-refractivity contribution in [2.45, 2.75) is 99.0 Å². The summed E-state index contributed by atoms with van der Waals surface area (Å²) in [6.07, 6.45) is 15.4. The monoisotopic (exact) mass is 426 g/mol. The second-order valence-electron chi connectivity index (χ2n) is 12.4. The van der Waals surface area contributed by atoms with Crippen LogP contribution in [0.1, 0.15) is 92.9 Å². The van der Waals surface area contributed by atoms with Crippen molar-refractivity contribution >= 4 is 5.78 Å². The molecule has 0 unspecified atom stereocenters. The molecule has 0 saturated heterocycles. The van der Waals surface area contributed by atoms with E-state index >= 15 is 0 Å². The standard InChI is InChI=1S/C29H46O2/c1-7-20(18(2)3)9-8-19(4)23-10-11-24-22-17-27(31)26-16-21(30)12-14-29(26,6)25(22)13-15-28(23,24)5/h8-9,16,18-20,22-25,27,31H,7,10-15,17H2,1-6H3/b9-8+/t19-,20+,22+,23-,24-,25+,27+,28-,29-/m1/s1. The lowest BCUT2D eigenvalue weighted by atomic mass is 9.46. The Morgan fingerprint density at radius 2 is 1.84 bits per heavy atom. The Balaban J connectivity index is 1.55. The Bertz CT molecular complexity index is 748. The summed E-state index contributed by atoms with van der Waals surface area (Å²) in [5, 5.41) is 11.1. The van der Waals surface area contributed by atoms with Gasteiger partial charge >= 0.3 is 0 Å². The minimum Gasteiger partial charge on any atom is -0.389 e. The number of carbonyl (C=O) groups excluding carboxylic acids is 1. The Labute approximate surface area is 191 Å². The smallest absolute Gasteiger partial charge is 0.155 e. The lowest BCUT2D eigenvalue weighted by Gasteiger charge is -2.59. The number of aliphatic hydroxyl groups excluding tert-OH is 1. The Hall–Kier alpha value is -0.890. The van der Waals surface area contributed by atoms with Crippen LogP contribution in [0.25, 0.3) is 0 Å². The quantitative estimate of drug-likeness (QED) is 0.481. The van der Waals surface area contributed by atoms with Gasteiger partial charge in [-0.1, -0.05) is 53.7 Å². The minimum atomic E-state index is -0.412. The van der Waals surface area contributed by atoms with Crippen molar-refractivity contribution in [2.75, 3.05) is 0 Å². The molecule has 174 valence electrons. The Kier molecular flexibility index (Phi) is 6.36. The number of carbonyl (C=O) groups is 1. The highest BCUT2D eigenvalue weighted by atomic mass is 16.3. The molecule has 0 aliphatic heterocycles. The topological polar surface area (TPSA) is 37.3 Å². The first-order chi connectivity index (χ1) is 14.6. The van der Waals surface area contributed by atoms with Gasteiger partial charge in [-0.05, 0) is 109 Å². The molecule has 9 atom stereocenters. The van der Waals surface area contributed by atoms with Crippen LogP contribution in [0.2, 0.25) is 0 Å². The van der Waals surface area contributed by atoms with Crippen LogP contribution in [0, 0.1) is 52.3 Å². The summed E-state index contributed by atoms with van der Waals surface area (Å²) in [5.74, 6) is 5.00. The maximum absolute atomic E-state index is 12.1. The normalized spacial score (nSPS) is 44.6. The van der Waals surface area contributed by atoms with Crippen LogP contribution in [0.5, 0.6) is 0 Å². The average molecular weight is 427 g/mol. The van der Waals surface area contributed by atoms with E-state index < -0.39 is 6.10 Å². The molecule has 0 amide bonds. The van der Waals surface area contributed by atoms with Crippen molar-refractivity contribution in [1.82, 2.24) is 0 Å². The van der Waals surface area contributed by atoms with Gasteiger partial charge in [-0.25, -0.2) is 0 Å². The van der Waals surface area contributed by atoms with E-state index in [9.17, 15) is 9.90 Å². The number of fused-ring (bicyclic) bond motifs is 5. The number of hydrogen-bond donors (Lipinski definition) is 1. The molecule has 31 heavy (non-hydrogen) atoms. The first kappa shape index (κ1) is 23.3. The highest BCUT2D eigenvalue weighted by Gasteiger charge is 2.60. The van der Waals surface area contributed by atoms with Crippen molar-refractivity contribution in [1.29, 1.82) is 0 Å². The molecule has 4 aliphatic rings. The van der Waals surface area contributed by atoms with Crippen molar-refractivity contribution in [3.63, 3.8) is 0 Å². The molecule has 0 aromatic heterocycles. The number of hydrogen-bond acceptors (Lipinski definition) is 2. The van der Waals surface area contributed by atoms with Crippen LogP contribution in [0.4, 0.5) is 0 Å². The maximum atomic E-state index is 12.1. The fourth-order valence-corrected chi connectivity index (χ4v) is 8.79. The predicted octanol–water partition coefficient (Wildman–Crippen LogP) is 6.98. The number of ketones is 1. The highest BCUT2D eigenvalue weighted by molar-refractivity contribution is 5.91. The van der Waals surface area contributed by atoms with E-state index in [1.54, 1.807) is 0 Å². The van der Waals surface area contributed by atoms with Crippen LogP contribution in [-0.2, 0) is 4.79 Å². The molecule has 0 aromatic rings. The minimum absolute atomic E-state index is 0.0345. The SMILES string of the molecule is CC[C@@H](/C=C/[C@@H](C)[C@H]1CC[C@@H]2[C@@H]3C[C@H](O)C4=CC(=O)CC[C@]4(C)[C@H]3CC[C@@]21C)C(C)C. The zero-order valence-electron chi connectivity index (χ0n) is 20.9. The predicted molar refractivity (Wildman–Crippen MR) is 129 cm³/mol. The molecule has 0 aromatic carbocycles. The molecule has 3 fully saturated rings. The van der Waals surface area contributed by atoms with Gasteiger partial charge in [0.25, 0.3) is 0 Å². The van der Waals surface area contributed by atoms with Crippen LogP contribution in [0.15, 0.2) is 23.8 Å². The van der Waals surface area contributed by atoms with E-state index in [2.05, 4.69) is 53.7 Å². The summed E-state index contributed by atoms with van der Waals surface area (Å²) in [5.41, 5.74) is 1.50. The molecule has 4 rings (SSSR count). The van der Waals surface area contributed by atoms with E-state index in [1.807, 2.05) is 6.08 Å². The Morgan fingerprint density at radius 3 is 2.52 bits per heavy atom. The van der Waals surface area contributed by atoms with Gasteiger partial charge in [-0.2, -0.15) is 0 Å². The third kappa shape index (κ3) is 3.79. The van der Waals surface area contributed by atoms with Crippen LogP contribution in [-0.4, -0.2) is 17.0 Å². The summed E-state index contributed by atoms with van der Waals surface area (Å²) < 4.78 is 0. The molecule has 0 radical (unpaired) electrons. The van der Waals surface area contributed by atoms with Crippen molar-refractivity contribution < 1.29 is 9.90 Å². The zero-order valence-corrected chi connectivity index (χ0v) is 20.9. The summed E-state index contributed by atoms with van der Waals surface area (Å²) in [6, 6.07) is 0. The van der Waals surface area contributed by atoms with E-state index in [-0.39, 0.29) is 11.2 Å². The lowest BCUT2D eigenvalue weighted by molar-refractivity contribution is -0.119. The van der Waals surface area contributed by atoms with Gasteiger partial charge in [0.1, 0.15) is 0 Å². The van der Waals surface area contributed by atoms with E-state index in [0.717, 1.165) is 30.3 Å². The third-order valence-corrected chi connectivity index (χ3v) is 10.7. The molecular formula is C29H46O2. The zero-order chi connectivity index (χ0) is 22.6.